The van der Waals surface area contributed by atoms with Crippen molar-refractivity contribution in [1.29, 1.82) is 0 Å². The predicted molar refractivity (Wildman–Crippen MR) is 85.0 cm³/mol. The number of benzene rings is 1. The quantitative estimate of drug-likeness (QED) is 0.285. The van der Waals surface area contributed by atoms with Crippen LogP contribution in [0, 0.1) is 0 Å². The van der Waals surface area contributed by atoms with Crippen molar-refractivity contribution >= 4 is 6.29 Å². The Morgan fingerprint density at radius 3 is 1.96 bits per heavy atom. The second-order valence-corrected chi connectivity index (χ2v) is 4.49. The Morgan fingerprint density at radius 1 is 0.833 bits per heavy atom. The molecule has 0 aliphatic rings. The molecule has 0 radical (unpaired) electrons. The minimum atomic E-state index is -0.0181. The van der Waals surface area contributed by atoms with Gasteiger partial charge in [0.15, 0.2) is 25.1 Å². The van der Waals surface area contributed by atoms with Gasteiger partial charge in [0, 0.05) is 19.8 Å². The third-order valence-corrected chi connectivity index (χ3v) is 2.85. The third-order valence-electron chi connectivity index (χ3n) is 2.85. The lowest BCUT2D eigenvalue weighted by atomic mass is 10.2. The highest BCUT2D eigenvalue weighted by molar-refractivity contribution is 5.78. The molecular formula is C16H24O8. The van der Waals surface area contributed by atoms with Crippen molar-refractivity contribution in [2.75, 3.05) is 61.3 Å². The molecule has 0 aromatic heterocycles. The van der Waals surface area contributed by atoms with Gasteiger partial charge < -0.3 is 33.2 Å². The molecule has 1 rings (SSSR count). The van der Waals surface area contributed by atoms with Crippen LogP contribution in [0.1, 0.15) is 10.4 Å². The molecule has 8 heteroatoms. The Hall–Kier alpha value is -1.87. The molecule has 0 aliphatic heterocycles. The van der Waals surface area contributed by atoms with E-state index in [1.54, 1.807) is 26.4 Å². The van der Waals surface area contributed by atoms with Gasteiger partial charge in [0.05, 0.1) is 33.5 Å². The normalized spacial score (nSPS) is 10.5. The first-order valence-electron chi connectivity index (χ1n) is 7.33. The SMILES string of the molecule is COCCOCOc1cc(C=O)cc(OC)c1OCOCCOC. The minimum absolute atomic E-state index is 0.0128. The van der Waals surface area contributed by atoms with Crippen molar-refractivity contribution in [1.82, 2.24) is 0 Å². The van der Waals surface area contributed by atoms with Crippen molar-refractivity contribution in [3.8, 4) is 17.2 Å². The highest BCUT2D eigenvalue weighted by Gasteiger charge is 2.15. The summed E-state index contributed by atoms with van der Waals surface area (Å²) in [5, 5.41) is 0. The van der Waals surface area contributed by atoms with Crippen LogP contribution in [0.15, 0.2) is 12.1 Å². The maximum Gasteiger partial charge on any atom is 0.206 e. The standard InChI is InChI=1S/C16H24O8/c1-18-4-6-21-11-23-15-9-13(10-17)8-14(20-3)16(15)24-12-22-7-5-19-2/h8-10H,4-7,11-12H2,1-3H3. The van der Waals surface area contributed by atoms with Crippen LogP contribution in [0.25, 0.3) is 0 Å². The first-order valence-corrected chi connectivity index (χ1v) is 7.33. The summed E-state index contributed by atoms with van der Waals surface area (Å²) in [7, 11) is 4.64. The van der Waals surface area contributed by atoms with Crippen LogP contribution in [0.5, 0.6) is 17.2 Å². The number of ether oxygens (including phenoxy) is 7. The Balaban J connectivity index is 2.73. The van der Waals surface area contributed by atoms with E-state index in [0.29, 0.717) is 55.5 Å². The van der Waals surface area contributed by atoms with E-state index in [1.165, 1.54) is 7.11 Å². The van der Waals surface area contributed by atoms with Gasteiger partial charge in [-0.05, 0) is 12.1 Å². The van der Waals surface area contributed by atoms with Gasteiger partial charge in [0.1, 0.15) is 6.29 Å². The van der Waals surface area contributed by atoms with Gasteiger partial charge in [-0.25, -0.2) is 0 Å². The highest BCUT2D eigenvalue weighted by atomic mass is 16.7. The van der Waals surface area contributed by atoms with E-state index in [1.807, 2.05) is 0 Å². The first kappa shape index (κ1) is 20.2. The number of rotatable bonds is 14. The van der Waals surface area contributed by atoms with Gasteiger partial charge in [-0.1, -0.05) is 0 Å². The Bertz CT molecular complexity index is 477. The van der Waals surface area contributed by atoms with Crippen molar-refractivity contribution in [2.24, 2.45) is 0 Å². The topological polar surface area (TPSA) is 81.7 Å². The van der Waals surface area contributed by atoms with Crippen molar-refractivity contribution in [3.05, 3.63) is 17.7 Å². The third kappa shape index (κ3) is 7.14. The lowest BCUT2D eigenvalue weighted by molar-refractivity contribution is -0.0215. The number of carbonyl (C=O) groups excluding carboxylic acids is 1. The zero-order chi connectivity index (χ0) is 17.6. The molecular weight excluding hydrogens is 320 g/mol. The molecule has 0 atom stereocenters. The fourth-order valence-electron chi connectivity index (χ4n) is 1.67. The molecule has 136 valence electrons. The van der Waals surface area contributed by atoms with E-state index in [-0.39, 0.29) is 13.6 Å². The summed E-state index contributed by atoms with van der Waals surface area (Å²) < 4.78 is 36.6. The molecule has 0 bridgehead atoms. The van der Waals surface area contributed by atoms with E-state index in [9.17, 15) is 4.79 Å². The number of hydrogen-bond donors (Lipinski definition) is 0. The van der Waals surface area contributed by atoms with E-state index >= 15 is 0 Å². The number of methoxy groups -OCH3 is 3. The van der Waals surface area contributed by atoms with Gasteiger partial charge in [0.2, 0.25) is 5.75 Å². The first-order chi connectivity index (χ1) is 11.8. The zero-order valence-corrected chi connectivity index (χ0v) is 14.2. The zero-order valence-electron chi connectivity index (χ0n) is 14.2. The molecule has 0 amide bonds. The summed E-state index contributed by atoms with van der Waals surface area (Å²) in [6, 6.07) is 3.09. The Labute approximate surface area is 141 Å². The fraction of sp³-hybridized carbons (Fsp3) is 0.562. The molecule has 0 N–H and O–H groups in total. The van der Waals surface area contributed by atoms with Crippen LogP contribution < -0.4 is 14.2 Å². The minimum Gasteiger partial charge on any atom is -0.493 e. The number of hydrogen-bond acceptors (Lipinski definition) is 8. The van der Waals surface area contributed by atoms with Crippen LogP contribution in [-0.2, 0) is 18.9 Å². The maximum atomic E-state index is 11.0. The van der Waals surface area contributed by atoms with Gasteiger partial charge in [-0.15, -0.1) is 0 Å². The molecule has 0 saturated carbocycles. The number of carbonyl (C=O) groups is 1. The second kappa shape index (κ2) is 12.5. The van der Waals surface area contributed by atoms with E-state index < -0.39 is 0 Å². The van der Waals surface area contributed by atoms with Crippen LogP contribution in [0.4, 0.5) is 0 Å². The largest absolute Gasteiger partial charge is 0.493 e. The summed E-state index contributed by atoms with van der Waals surface area (Å²) in [5.74, 6) is 1.02. The monoisotopic (exact) mass is 344 g/mol. The average Bonchev–Trinajstić information content (AvgIpc) is 2.61. The van der Waals surface area contributed by atoms with E-state index in [2.05, 4.69) is 0 Å². The molecule has 0 aliphatic carbocycles. The molecule has 0 heterocycles. The van der Waals surface area contributed by atoms with Crippen LogP contribution >= 0.6 is 0 Å². The fourth-order valence-corrected chi connectivity index (χ4v) is 1.67. The van der Waals surface area contributed by atoms with Gasteiger partial charge in [-0.3, -0.25) is 4.79 Å². The Kier molecular flexibility index (Phi) is 10.5. The molecule has 1 aromatic carbocycles. The molecule has 0 fully saturated rings. The molecule has 0 unspecified atom stereocenters. The lowest BCUT2D eigenvalue weighted by Crippen LogP contribution is -2.11. The van der Waals surface area contributed by atoms with Crippen LogP contribution in [0.3, 0.4) is 0 Å². The Morgan fingerprint density at radius 2 is 1.42 bits per heavy atom. The smallest absolute Gasteiger partial charge is 0.206 e. The highest BCUT2D eigenvalue weighted by Crippen LogP contribution is 2.38. The van der Waals surface area contributed by atoms with Crippen LogP contribution in [-0.4, -0.2) is 67.6 Å². The molecule has 8 nitrogen and oxygen atoms in total. The summed E-state index contributed by atoms with van der Waals surface area (Å²) >= 11 is 0. The maximum absolute atomic E-state index is 11.0. The summed E-state index contributed by atoms with van der Waals surface area (Å²) in [4.78, 5) is 11.0. The van der Waals surface area contributed by atoms with Crippen molar-refractivity contribution in [2.45, 2.75) is 0 Å². The van der Waals surface area contributed by atoms with Crippen molar-refractivity contribution < 1.29 is 38.0 Å². The van der Waals surface area contributed by atoms with E-state index in [0.717, 1.165) is 0 Å². The molecule has 1 aromatic rings. The molecule has 0 spiro atoms. The second-order valence-electron chi connectivity index (χ2n) is 4.49. The van der Waals surface area contributed by atoms with Gasteiger partial charge >= 0.3 is 0 Å². The van der Waals surface area contributed by atoms with E-state index in [4.69, 9.17) is 33.2 Å². The average molecular weight is 344 g/mol. The molecule has 24 heavy (non-hydrogen) atoms. The van der Waals surface area contributed by atoms with Gasteiger partial charge in [0.25, 0.3) is 0 Å². The summed E-state index contributed by atoms with van der Waals surface area (Å²) in [6.45, 7) is 1.66. The summed E-state index contributed by atoms with van der Waals surface area (Å²) in [5.41, 5.74) is 0.395. The van der Waals surface area contributed by atoms with Crippen molar-refractivity contribution in [3.63, 3.8) is 0 Å². The lowest BCUT2D eigenvalue weighted by Gasteiger charge is -2.16. The molecule has 0 saturated heterocycles. The van der Waals surface area contributed by atoms with Gasteiger partial charge in [-0.2, -0.15) is 0 Å². The summed E-state index contributed by atoms with van der Waals surface area (Å²) in [6.07, 6.45) is 0.694. The van der Waals surface area contributed by atoms with Crippen LogP contribution in [0.2, 0.25) is 0 Å². The number of aldehydes is 1. The predicted octanol–water partition coefficient (Wildman–Crippen LogP) is 1.51.